The van der Waals surface area contributed by atoms with Gasteiger partial charge in [-0.15, -0.1) is 0 Å². The first-order valence-corrected chi connectivity index (χ1v) is 8.63. The lowest BCUT2D eigenvalue weighted by atomic mass is 10.1. The van der Waals surface area contributed by atoms with Crippen LogP contribution in [0, 0.1) is 5.92 Å². The van der Waals surface area contributed by atoms with Crippen LogP contribution in [-0.4, -0.2) is 26.1 Å². The average Bonchev–Trinajstić information content (AvgIpc) is 2.46. The predicted molar refractivity (Wildman–Crippen MR) is 66.4 cm³/mol. The lowest BCUT2D eigenvalue weighted by Gasteiger charge is -2.36. The molecule has 1 aliphatic rings. The monoisotopic (exact) mass is 228 g/mol. The Hall–Kier alpha value is -0.123. The topological polar surface area (TPSA) is 29.5 Å². The van der Waals surface area contributed by atoms with Crippen molar-refractivity contribution in [2.24, 2.45) is 5.92 Å². The third kappa shape index (κ3) is 3.43. The summed E-state index contributed by atoms with van der Waals surface area (Å²) in [6.45, 7) is 12.0. The summed E-state index contributed by atoms with van der Waals surface area (Å²) in [7, 11) is -1.61. The van der Waals surface area contributed by atoms with Crippen molar-refractivity contribution in [3.8, 4) is 0 Å². The smallest absolute Gasteiger partial charge is 0.192 e. The molecule has 0 aromatic rings. The van der Waals surface area contributed by atoms with Gasteiger partial charge in [0.05, 0.1) is 6.10 Å². The van der Waals surface area contributed by atoms with Crippen LogP contribution in [0.4, 0.5) is 0 Å². The number of hydrogen-bond donors (Lipinski definition) is 1. The summed E-state index contributed by atoms with van der Waals surface area (Å²) < 4.78 is 6.10. The number of rotatable bonds is 3. The first-order valence-electron chi connectivity index (χ1n) is 5.73. The Morgan fingerprint density at radius 2 is 1.93 bits per heavy atom. The molecular weight excluding hydrogens is 204 g/mol. The van der Waals surface area contributed by atoms with Crippen LogP contribution in [0.2, 0.25) is 18.1 Å². The Morgan fingerprint density at radius 1 is 1.33 bits per heavy atom. The van der Waals surface area contributed by atoms with E-state index in [4.69, 9.17) is 4.43 Å². The second-order valence-electron chi connectivity index (χ2n) is 6.02. The van der Waals surface area contributed by atoms with Gasteiger partial charge in [-0.3, -0.25) is 0 Å². The fraction of sp³-hybridized carbons (Fsp3) is 0.833. The quantitative estimate of drug-likeness (QED) is 0.594. The third-order valence-corrected chi connectivity index (χ3v) is 8.11. The van der Waals surface area contributed by atoms with Crippen LogP contribution in [0.25, 0.3) is 0 Å². The van der Waals surface area contributed by atoms with Gasteiger partial charge in [-0.25, -0.2) is 0 Å². The molecule has 0 aliphatic heterocycles. The van der Waals surface area contributed by atoms with Gasteiger partial charge >= 0.3 is 0 Å². The van der Waals surface area contributed by atoms with E-state index in [-0.39, 0.29) is 11.1 Å². The van der Waals surface area contributed by atoms with E-state index in [1.807, 2.05) is 6.08 Å². The van der Waals surface area contributed by atoms with Crippen molar-refractivity contribution in [3.63, 3.8) is 0 Å². The van der Waals surface area contributed by atoms with E-state index in [1.54, 1.807) is 0 Å². The van der Waals surface area contributed by atoms with Crippen molar-refractivity contribution in [2.75, 3.05) is 6.61 Å². The van der Waals surface area contributed by atoms with Gasteiger partial charge in [0.25, 0.3) is 0 Å². The van der Waals surface area contributed by atoms with Gasteiger partial charge in [-0.1, -0.05) is 32.9 Å². The van der Waals surface area contributed by atoms with Gasteiger partial charge in [0.1, 0.15) is 0 Å². The number of aliphatic hydroxyl groups is 1. The zero-order valence-electron chi connectivity index (χ0n) is 10.6. The normalized spacial score (nSPS) is 27.3. The van der Waals surface area contributed by atoms with Crippen LogP contribution in [-0.2, 0) is 4.43 Å². The summed E-state index contributed by atoms with van der Waals surface area (Å²) in [5, 5.41) is 9.63. The van der Waals surface area contributed by atoms with Crippen LogP contribution in [0.3, 0.4) is 0 Å². The molecule has 0 amide bonds. The predicted octanol–water partition coefficient (Wildman–Crippen LogP) is 2.95. The number of aliphatic hydroxyl groups excluding tert-OH is 1. The molecule has 0 aromatic carbocycles. The molecule has 0 heterocycles. The van der Waals surface area contributed by atoms with Crippen LogP contribution >= 0.6 is 0 Å². The van der Waals surface area contributed by atoms with Crippen molar-refractivity contribution >= 4 is 8.32 Å². The minimum absolute atomic E-state index is 0.252. The lowest BCUT2D eigenvalue weighted by Crippen LogP contribution is -2.41. The molecule has 0 spiro atoms. The van der Waals surface area contributed by atoms with Crippen molar-refractivity contribution in [2.45, 2.75) is 51.4 Å². The first-order chi connectivity index (χ1) is 6.72. The number of hydrogen-bond acceptors (Lipinski definition) is 2. The largest absolute Gasteiger partial charge is 0.416 e. The molecule has 2 nitrogen and oxygen atoms in total. The van der Waals surface area contributed by atoms with E-state index in [0.29, 0.717) is 5.92 Å². The van der Waals surface area contributed by atoms with E-state index < -0.39 is 8.32 Å². The third-order valence-electron chi connectivity index (χ3n) is 3.61. The Morgan fingerprint density at radius 3 is 2.33 bits per heavy atom. The fourth-order valence-electron chi connectivity index (χ4n) is 1.41. The molecule has 3 heteroatoms. The zero-order chi connectivity index (χ0) is 11.7. The van der Waals surface area contributed by atoms with Crippen LogP contribution < -0.4 is 0 Å². The highest BCUT2D eigenvalue weighted by atomic mass is 28.4. The van der Waals surface area contributed by atoms with Gasteiger partial charge in [0, 0.05) is 12.5 Å². The lowest BCUT2D eigenvalue weighted by molar-refractivity contribution is 0.182. The second kappa shape index (κ2) is 4.40. The maximum Gasteiger partial charge on any atom is 0.192 e. The Balaban J connectivity index is 2.40. The highest BCUT2D eigenvalue weighted by Gasteiger charge is 2.37. The zero-order valence-corrected chi connectivity index (χ0v) is 11.6. The summed E-state index contributed by atoms with van der Waals surface area (Å²) >= 11 is 0. The highest BCUT2D eigenvalue weighted by molar-refractivity contribution is 6.74. The van der Waals surface area contributed by atoms with E-state index in [0.717, 1.165) is 13.0 Å². The molecule has 88 valence electrons. The Kier molecular flexibility index (Phi) is 3.79. The van der Waals surface area contributed by atoms with Gasteiger partial charge in [-0.2, -0.15) is 0 Å². The summed E-state index contributed by atoms with van der Waals surface area (Å²) in [4.78, 5) is 0. The fourth-order valence-corrected chi connectivity index (χ4v) is 2.47. The molecule has 1 aliphatic carbocycles. The van der Waals surface area contributed by atoms with Gasteiger partial charge in [0.2, 0.25) is 0 Å². The molecule has 0 radical (unpaired) electrons. The molecule has 1 N–H and O–H groups in total. The van der Waals surface area contributed by atoms with Crippen LogP contribution in [0.15, 0.2) is 12.2 Å². The van der Waals surface area contributed by atoms with Crippen LogP contribution in [0.5, 0.6) is 0 Å². The van der Waals surface area contributed by atoms with E-state index in [1.165, 1.54) is 0 Å². The van der Waals surface area contributed by atoms with E-state index >= 15 is 0 Å². The first kappa shape index (κ1) is 12.9. The van der Waals surface area contributed by atoms with Crippen LogP contribution in [0.1, 0.15) is 27.2 Å². The molecule has 1 rings (SSSR count). The minimum atomic E-state index is -1.61. The maximum absolute atomic E-state index is 9.36. The van der Waals surface area contributed by atoms with Crippen molar-refractivity contribution < 1.29 is 9.53 Å². The molecule has 0 bridgehead atoms. The average molecular weight is 228 g/mol. The second-order valence-corrected chi connectivity index (χ2v) is 10.8. The molecule has 0 saturated carbocycles. The molecule has 15 heavy (non-hydrogen) atoms. The summed E-state index contributed by atoms with van der Waals surface area (Å²) in [6, 6.07) is 0. The van der Waals surface area contributed by atoms with E-state index in [2.05, 4.69) is 39.9 Å². The highest BCUT2D eigenvalue weighted by Crippen LogP contribution is 2.37. The summed E-state index contributed by atoms with van der Waals surface area (Å²) in [5.41, 5.74) is 0. The van der Waals surface area contributed by atoms with Crippen molar-refractivity contribution in [1.82, 2.24) is 0 Å². The SMILES string of the molecule is CC(C)(C)[Si](C)(C)OC[C@@H]1C=C[C@@H](O)C1. The molecule has 0 saturated heterocycles. The molecule has 0 aromatic heterocycles. The van der Waals surface area contributed by atoms with Crippen molar-refractivity contribution in [3.05, 3.63) is 12.2 Å². The summed E-state index contributed by atoms with van der Waals surface area (Å²) in [6.07, 6.45) is 4.53. The van der Waals surface area contributed by atoms with Gasteiger partial charge in [-0.05, 0) is 24.6 Å². The van der Waals surface area contributed by atoms with Crippen molar-refractivity contribution in [1.29, 1.82) is 0 Å². The minimum Gasteiger partial charge on any atom is -0.416 e. The van der Waals surface area contributed by atoms with E-state index in [9.17, 15) is 5.11 Å². The maximum atomic E-state index is 9.36. The van der Waals surface area contributed by atoms with Gasteiger partial charge < -0.3 is 9.53 Å². The summed E-state index contributed by atoms with van der Waals surface area (Å²) in [5.74, 6) is 0.411. The Labute approximate surface area is 94.5 Å². The molecule has 2 atom stereocenters. The Bertz CT molecular complexity index is 240. The molecule has 0 fully saturated rings. The molecular formula is C12H24O2Si. The molecule has 0 unspecified atom stereocenters. The van der Waals surface area contributed by atoms with Gasteiger partial charge in [0.15, 0.2) is 8.32 Å². The standard InChI is InChI=1S/C12H24O2Si/c1-12(2,3)15(4,5)14-9-10-6-7-11(13)8-10/h6-7,10-11,13H,8-9H2,1-5H3/t10-,11-/m1/s1.